The highest BCUT2D eigenvalue weighted by Gasteiger charge is 2.10. The summed E-state index contributed by atoms with van der Waals surface area (Å²) in [6.07, 6.45) is 1.01. The monoisotopic (exact) mass is 272 g/mol. The van der Waals surface area contributed by atoms with E-state index in [0.29, 0.717) is 12.4 Å². The Labute approximate surface area is 116 Å². The quantitative estimate of drug-likeness (QED) is 0.475. The highest BCUT2D eigenvalue weighted by Crippen LogP contribution is 2.28. The van der Waals surface area contributed by atoms with Crippen molar-refractivity contribution >= 4 is 5.97 Å². The molecule has 0 spiro atoms. The van der Waals surface area contributed by atoms with E-state index in [0.717, 1.165) is 17.7 Å². The van der Waals surface area contributed by atoms with Crippen LogP contribution in [0.5, 0.6) is 11.5 Å². The summed E-state index contributed by atoms with van der Waals surface area (Å²) in [5, 5.41) is 0. The molecular weight excluding hydrogens is 259 g/mol. The number of hydrogen-bond donors (Lipinski definition) is 0. The van der Waals surface area contributed by atoms with Crippen LogP contribution in [0.2, 0.25) is 0 Å². The van der Waals surface area contributed by atoms with E-state index in [-0.39, 0.29) is 5.75 Å². The Kier molecular flexibility index (Phi) is 4.50. The Hall–Kier alpha value is -2.62. The Morgan fingerprint density at radius 3 is 2.60 bits per heavy atom. The zero-order valence-corrected chi connectivity index (χ0v) is 10.7. The van der Waals surface area contributed by atoms with E-state index in [1.165, 1.54) is 12.1 Å². The fourth-order valence-corrected chi connectivity index (χ4v) is 1.57. The van der Waals surface area contributed by atoms with Gasteiger partial charge in [-0.1, -0.05) is 36.9 Å². The smallest absolute Gasteiger partial charge is 0.335 e. The fourth-order valence-electron chi connectivity index (χ4n) is 1.57. The predicted molar refractivity (Wildman–Crippen MR) is 73.0 cm³/mol. The normalized spacial score (nSPS) is 9.85. The molecule has 0 saturated heterocycles. The lowest BCUT2D eigenvalue weighted by molar-refractivity contribution is -0.129. The highest BCUT2D eigenvalue weighted by atomic mass is 19.1. The molecule has 0 amide bonds. The average molecular weight is 272 g/mol. The molecule has 0 aromatic heterocycles. The largest absolute Gasteiger partial charge is 0.485 e. The maximum absolute atomic E-state index is 13.2. The summed E-state index contributed by atoms with van der Waals surface area (Å²) in [7, 11) is 0. The van der Waals surface area contributed by atoms with Gasteiger partial charge in [0.2, 0.25) is 0 Å². The number of ether oxygens (including phenoxy) is 2. The number of carbonyl (C=O) groups excluding carboxylic acids is 1. The summed E-state index contributed by atoms with van der Waals surface area (Å²) >= 11 is 0. The van der Waals surface area contributed by atoms with E-state index in [1.54, 1.807) is 0 Å². The van der Waals surface area contributed by atoms with Crippen molar-refractivity contribution in [2.75, 3.05) is 0 Å². The Morgan fingerprint density at radius 2 is 1.90 bits per heavy atom. The van der Waals surface area contributed by atoms with E-state index < -0.39 is 11.8 Å². The summed E-state index contributed by atoms with van der Waals surface area (Å²) in [5.74, 6) is -0.847. The molecule has 2 aromatic rings. The third-order valence-electron chi connectivity index (χ3n) is 2.52. The number of carbonyl (C=O) groups is 1. The molecule has 3 nitrogen and oxygen atoms in total. The third-order valence-corrected chi connectivity index (χ3v) is 2.52. The minimum atomic E-state index is -0.667. The van der Waals surface area contributed by atoms with Crippen molar-refractivity contribution in [1.29, 1.82) is 0 Å². The molecule has 0 saturated carbocycles. The number of halogens is 1. The van der Waals surface area contributed by atoms with E-state index in [4.69, 9.17) is 9.47 Å². The van der Waals surface area contributed by atoms with Crippen molar-refractivity contribution in [2.24, 2.45) is 0 Å². The van der Waals surface area contributed by atoms with E-state index in [9.17, 15) is 9.18 Å². The van der Waals surface area contributed by atoms with E-state index in [2.05, 4.69) is 6.58 Å². The van der Waals surface area contributed by atoms with Gasteiger partial charge in [0.15, 0.2) is 11.5 Å². The molecule has 2 aromatic carbocycles. The van der Waals surface area contributed by atoms with Gasteiger partial charge in [0, 0.05) is 12.1 Å². The summed E-state index contributed by atoms with van der Waals surface area (Å²) in [6, 6.07) is 13.2. The van der Waals surface area contributed by atoms with Crippen LogP contribution in [0, 0.1) is 5.82 Å². The molecule has 0 aliphatic rings. The first-order valence-corrected chi connectivity index (χ1v) is 5.99. The van der Waals surface area contributed by atoms with Crippen LogP contribution in [-0.2, 0) is 11.4 Å². The SMILES string of the molecule is C=CC(=O)Oc1cc(F)ccc1OCc1ccccc1. The van der Waals surface area contributed by atoms with Crippen molar-refractivity contribution in [3.63, 3.8) is 0 Å². The van der Waals surface area contributed by atoms with Crippen LogP contribution in [0.1, 0.15) is 5.56 Å². The van der Waals surface area contributed by atoms with Gasteiger partial charge in [-0.25, -0.2) is 9.18 Å². The van der Waals surface area contributed by atoms with Crippen LogP contribution < -0.4 is 9.47 Å². The van der Waals surface area contributed by atoms with Crippen LogP contribution >= 0.6 is 0 Å². The molecule has 0 aliphatic heterocycles. The fraction of sp³-hybridized carbons (Fsp3) is 0.0625. The molecule has 0 unspecified atom stereocenters. The van der Waals surface area contributed by atoms with Crippen LogP contribution in [0.3, 0.4) is 0 Å². The number of benzene rings is 2. The molecule has 0 atom stereocenters. The van der Waals surface area contributed by atoms with Crippen molar-refractivity contribution in [3.05, 3.63) is 72.6 Å². The van der Waals surface area contributed by atoms with Gasteiger partial charge < -0.3 is 9.47 Å². The van der Waals surface area contributed by atoms with Gasteiger partial charge in [-0.3, -0.25) is 0 Å². The van der Waals surface area contributed by atoms with Crippen molar-refractivity contribution in [2.45, 2.75) is 6.61 Å². The maximum atomic E-state index is 13.2. The summed E-state index contributed by atoms with van der Waals surface area (Å²) in [5.41, 5.74) is 0.956. The van der Waals surface area contributed by atoms with Crippen molar-refractivity contribution < 1.29 is 18.7 Å². The van der Waals surface area contributed by atoms with Crippen LogP contribution in [0.15, 0.2) is 61.2 Å². The van der Waals surface area contributed by atoms with Crippen LogP contribution in [-0.4, -0.2) is 5.97 Å². The molecular formula is C16H13FO3. The zero-order chi connectivity index (χ0) is 14.4. The van der Waals surface area contributed by atoms with Crippen LogP contribution in [0.4, 0.5) is 4.39 Å². The van der Waals surface area contributed by atoms with Gasteiger partial charge in [-0.15, -0.1) is 0 Å². The molecule has 2 rings (SSSR count). The second-order valence-electron chi connectivity index (χ2n) is 3.99. The average Bonchev–Trinajstić information content (AvgIpc) is 2.47. The lowest BCUT2D eigenvalue weighted by atomic mass is 10.2. The molecule has 0 bridgehead atoms. The van der Waals surface area contributed by atoms with Gasteiger partial charge in [0.1, 0.15) is 12.4 Å². The molecule has 0 aliphatic carbocycles. The van der Waals surface area contributed by atoms with Gasteiger partial charge in [-0.2, -0.15) is 0 Å². The summed E-state index contributed by atoms with van der Waals surface area (Å²) < 4.78 is 23.7. The van der Waals surface area contributed by atoms with Gasteiger partial charge in [0.25, 0.3) is 0 Å². The maximum Gasteiger partial charge on any atom is 0.335 e. The minimum absolute atomic E-state index is 0.0332. The Bertz CT molecular complexity index is 608. The molecule has 102 valence electrons. The van der Waals surface area contributed by atoms with E-state index in [1.807, 2.05) is 30.3 Å². The second-order valence-corrected chi connectivity index (χ2v) is 3.99. The molecule has 0 heterocycles. The zero-order valence-electron chi connectivity index (χ0n) is 10.7. The van der Waals surface area contributed by atoms with Gasteiger partial charge >= 0.3 is 5.97 Å². The summed E-state index contributed by atoms with van der Waals surface area (Å²) in [6.45, 7) is 3.59. The van der Waals surface area contributed by atoms with Crippen molar-refractivity contribution in [3.8, 4) is 11.5 Å². The third kappa shape index (κ3) is 3.68. The van der Waals surface area contributed by atoms with Gasteiger partial charge in [0.05, 0.1) is 0 Å². The number of hydrogen-bond acceptors (Lipinski definition) is 3. The second kappa shape index (κ2) is 6.52. The number of rotatable bonds is 5. The molecule has 0 radical (unpaired) electrons. The first-order chi connectivity index (χ1) is 9.69. The van der Waals surface area contributed by atoms with Crippen LogP contribution in [0.25, 0.3) is 0 Å². The topological polar surface area (TPSA) is 35.5 Å². The lowest BCUT2D eigenvalue weighted by Crippen LogP contribution is -2.06. The van der Waals surface area contributed by atoms with E-state index >= 15 is 0 Å². The Morgan fingerprint density at radius 1 is 1.15 bits per heavy atom. The lowest BCUT2D eigenvalue weighted by Gasteiger charge is -2.11. The Balaban J connectivity index is 2.14. The highest BCUT2D eigenvalue weighted by molar-refractivity contribution is 5.83. The molecule has 20 heavy (non-hydrogen) atoms. The first kappa shape index (κ1) is 13.8. The number of esters is 1. The standard InChI is InChI=1S/C16H13FO3/c1-2-16(18)20-15-10-13(17)8-9-14(15)19-11-12-6-4-3-5-7-12/h2-10H,1,11H2. The molecule has 0 N–H and O–H groups in total. The van der Waals surface area contributed by atoms with Gasteiger partial charge in [-0.05, 0) is 17.7 Å². The van der Waals surface area contributed by atoms with Crippen molar-refractivity contribution in [1.82, 2.24) is 0 Å². The predicted octanol–water partition coefficient (Wildman–Crippen LogP) is 3.50. The first-order valence-electron chi connectivity index (χ1n) is 5.99. The summed E-state index contributed by atoms with van der Waals surface area (Å²) in [4.78, 5) is 11.2. The minimum Gasteiger partial charge on any atom is -0.485 e. The molecule has 4 heteroatoms. The molecule has 0 fully saturated rings.